The van der Waals surface area contributed by atoms with Crippen LogP contribution in [0.5, 0.6) is 0 Å². The molecule has 0 atom stereocenters. The third-order valence-electron chi connectivity index (χ3n) is 1.30. The third kappa shape index (κ3) is 1.17. The third-order valence-corrected chi connectivity index (χ3v) is 2.08. The van der Waals surface area contributed by atoms with Gasteiger partial charge < -0.3 is 4.42 Å². The number of aryl methyl sites for hydroxylation is 1. The van der Waals surface area contributed by atoms with E-state index < -0.39 is 0 Å². The Morgan fingerprint density at radius 3 is 3.00 bits per heavy atom. The molecule has 0 bridgehead atoms. The number of oxazole rings is 1. The minimum absolute atomic E-state index is 0.731. The van der Waals surface area contributed by atoms with Crippen LogP contribution in [0.1, 0.15) is 5.01 Å². The average Bonchev–Trinajstić information content (AvgIpc) is 2.55. The second kappa shape index (κ2) is 2.47. The van der Waals surface area contributed by atoms with Crippen LogP contribution in [0.3, 0.4) is 0 Å². The summed E-state index contributed by atoms with van der Waals surface area (Å²) in [5, 5.41) is 2.99. The quantitative estimate of drug-likeness (QED) is 0.651. The fourth-order valence-electron chi connectivity index (χ4n) is 0.819. The Kier molecular flexibility index (Phi) is 1.47. The van der Waals surface area contributed by atoms with E-state index in [0.717, 1.165) is 16.5 Å². The van der Waals surface area contributed by atoms with Gasteiger partial charge in [0.15, 0.2) is 12.2 Å². The Hall–Kier alpha value is -1.16. The molecule has 0 spiro atoms. The summed E-state index contributed by atoms with van der Waals surface area (Å²) in [6, 6.07) is 0. The number of thiazole rings is 1. The molecule has 2 heterocycles. The van der Waals surface area contributed by atoms with Crippen molar-refractivity contribution in [2.24, 2.45) is 0 Å². The average molecular weight is 166 g/mol. The molecule has 0 fully saturated rings. The highest BCUT2D eigenvalue weighted by Crippen LogP contribution is 2.20. The van der Waals surface area contributed by atoms with Gasteiger partial charge in [0.05, 0.1) is 11.2 Å². The van der Waals surface area contributed by atoms with Crippen LogP contribution in [-0.4, -0.2) is 9.97 Å². The van der Waals surface area contributed by atoms with Crippen molar-refractivity contribution in [3.8, 4) is 11.5 Å². The van der Waals surface area contributed by atoms with Crippen LogP contribution in [0.2, 0.25) is 0 Å². The van der Waals surface area contributed by atoms with Crippen molar-refractivity contribution in [3.63, 3.8) is 0 Å². The van der Waals surface area contributed by atoms with Gasteiger partial charge in [0.25, 0.3) is 0 Å². The van der Waals surface area contributed by atoms with Gasteiger partial charge in [-0.05, 0) is 6.92 Å². The molecule has 0 aliphatic carbocycles. The maximum absolute atomic E-state index is 5.07. The van der Waals surface area contributed by atoms with Gasteiger partial charge >= 0.3 is 0 Å². The number of hydrogen-bond donors (Lipinski definition) is 0. The molecule has 0 unspecified atom stereocenters. The lowest BCUT2D eigenvalue weighted by atomic mass is 10.4. The standard InChI is InChI=1S/C7H6N2OS/c1-5-9-6(3-11-5)7-2-8-4-10-7/h2-4H,1H3. The fourth-order valence-corrected chi connectivity index (χ4v) is 1.42. The van der Waals surface area contributed by atoms with Gasteiger partial charge in [0, 0.05) is 5.38 Å². The van der Waals surface area contributed by atoms with E-state index in [1.54, 1.807) is 17.5 Å². The normalized spacial score (nSPS) is 10.3. The minimum atomic E-state index is 0.731. The van der Waals surface area contributed by atoms with Crippen molar-refractivity contribution in [1.29, 1.82) is 0 Å². The minimum Gasteiger partial charge on any atom is -0.442 e. The van der Waals surface area contributed by atoms with Crippen molar-refractivity contribution in [2.75, 3.05) is 0 Å². The summed E-state index contributed by atoms with van der Waals surface area (Å²) >= 11 is 1.60. The van der Waals surface area contributed by atoms with Crippen LogP contribution in [0.4, 0.5) is 0 Å². The summed E-state index contributed by atoms with van der Waals surface area (Å²) in [6.45, 7) is 1.96. The first-order valence-electron chi connectivity index (χ1n) is 3.17. The molecule has 2 rings (SSSR count). The predicted octanol–water partition coefficient (Wildman–Crippen LogP) is 2.11. The zero-order chi connectivity index (χ0) is 7.68. The Morgan fingerprint density at radius 1 is 1.55 bits per heavy atom. The van der Waals surface area contributed by atoms with Crippen LogP contribution in [-0.2, 0) is 0 Å². The largest absolute Gasteiger partial charge is 0.442 e. The molecule has 2 aromatic heterocycles. The molecule has 0 radical (unpaired) electrons. The van der Waals surface area contributed by atoms with E-state index >= 15 is 0 Å². The van der Waals surface area contributed by atoms with E-state index in [0.29, 0.717) is 0 Å². The highest BCUT2D eigenvalue weighted by Gasteiger charge is 2.03. The summed E-state index contributed by atoms with van der Waals surface area (Å²) < 4.78 is 5.07. The van der Waals surface area contributed by atoms with Crippen molar-refractivity contribution in [3.05, 3.63) is 23.0 Å². The first-order chi connectivity index (χ1) is 5.36. The first kappa shape index (κ1) is 6.54. The molecule has 11 heavy (non-hydrogen) atoms. The second-order valence-corrected chi connectivity index (χ2v) is 3.18. The van der Waals surface area contributed by atoms with E-state index in [4.69, 9.17) is 4.42 Å². The highest BCUT2D eigenvalue weighted by molar-refractivity contribution is 7.09. The van der Waals surface area contributed by atoms with Crippen LogP contribution < -0.4 is 0 Å². The van der Waals surface area contributed by atoms with Gasteiger partial charge in [-0.25, -0.2) is 9.97 Å². The highest BCUT2D eigenvalue weighted by atomic mass is 32.1. The van der Waals surface area contributed by atoms with Crippen molar-refractivity contribution < 1.29 is 4.42 Å². The molecule has 0 aliphatic rings. The Bertz CT molecular complexity index is 339. The van der Waals surface area contributed by atoms with Gasteiger partial charge in [0.1, 0.15) is 5.69 Å². The second-order valence-electron chi connectivity index (χ2n) is 2.12. The zero-order valence-electron chi connectivity index (χ0n) is 5.94. The number of nitrogens with zero attached hydrogens (tertiary/aromatic N) is 2. The lowest BCUT2D eigenvalue weighted by molar-refractivity contribution is 0.570. The van der Waals surface area contributed by atoms with E-state index in [9.17, 15) is 0 Å². The molecular formula is C7H6N2OS. The van der Waals surface area contributed by atoms with E-state index in [-0.39, 0.29) is 0 Å². The first-order valence-corrected chi connectivity index (χ1v) is 4.05. The molecule has 0 amide bonds. The van der Waals surface area contributed by atoms with Crippen molar-refractivity contribution in [1.82, 2.24) is 9.97 Å². The molecule has 2 aromatic rings. The molecule has 0 N–H and O–H groups in total. The summed E-state index contributed by atoms with van der Waals surface area (Å²) in [5.41, 5.74) is 0.866. The summed E-state index contributed by atoms with van der Waals surface area (Å²) in [7, 11) is 0. The smallest absolute Gasteiger partial charge is 0.181 e. The molecule has 0 saturated carbocycles. The maximum atomic E-state index is 5.07. The fraction of sp³-hybridized carbons (Fsp3) is 0.143. The molecule has 3 nitrogen and oxygen atoms in total. The van der Waals surface area contributed by atoms with Crippen LogP contribution in [0, 0.1) is 6.92 Å². The Morgan fingerprint density at radius 2 is 2.45 bits per heavy atom. The van der Waals surface area contributed by atoms with Gasteiger partial charge in [-0.15, -0.1) is 11.3 Å². The molecule has 0 aliphatic heterocycles. The SMILES string of the molecule is Cc1nc(-c2cnco2)cs1. The predicted molar refractivity (Wildman–Crippen MR) is 42.3 cm³/mol. The summed E-state index contributed by atoms with van der Waals surface area (Å²) in [4.78, 5) is 8.04. The Balaban J connectivity index is 2.45. The van der Waals surface area contributed by atoms with Gasteiger partial charge in [-0.3, -0.25) is 0 Å². The van der Waals surface area contributed by atoms with Crippen LogP contribution >= 0.6 is 11.3 Å². The van der Waals surface area contributed by atoms with E-state index in [2.05, 4.69) is 9.97 Å². The summed E-state index contributed by atoms with van der Waals surface area (Å²) in [5.74, 6) is 0.731. The monoisotopic (exact) mass is 166 g/mol. The van der Waals surface area contributed by atoms with Gasteiger partial charge in [-0.2, -0.15) is 0 Å². The summed E-state index contributed by atoms with van der Waals surface area (Å²) in [6.07, 6.45) is 3.07. The van der Waals surface area contributed by atoms with Crippen molar-refractivity contribution >= 4 is 11.3 Å². The van der Waals surface area contributed by atoms with Gasteiger partial charge in [-0.1, -0.05) is 0 Å². The van der Waals surface area contributed by atoms with Crippen molar-refractivity contribution in [2.45, 2.75) is 6.92 Å². The number of aromatic nitrogens is 2. The lowest BCUT2D eigenvalue weighted by Crippen LogP contribution is -1.72. The van der Waals surface area contributed by atoms with E-state index in [1.165, 1.54) is 6.39 Å². The molecule has 0 aromatic carbocycles. The van der Waals surface area contributed by atoms with E-state index in [1.807, 2.05) is 12.3 Å². The van der Waals surface area contributed by atoms with Crippen LogP contribution in [0.25, 0.3) is 11.5 Å². The topological polar surface area (TPSA) is 38.9 Å². The number of rotatable bonds is 1. The molecule has 56 valence electrons. The van der Waals surface area contributed by atoms with Gasteiger partial charge in [0.2, 0.25) is 0 Å². The number of hydrogen-bond acceptors (Lipinski definition) is 4. The molecule has 4 heteroatoms. The molecular weight excluding hydrogens is 160 g/mol. The molecule has 0 saturated heterocycles. The zero-order valence-corrected chi connectivity index (χ0v) is 6.76. The lowest BCUT2D eigenvalue weighted by Gasteiger charge is -1.83. The maximum Gasteiger partial charge on any atom is 0.181 e. The Labute approximate surface area is 67.7 Å². The van der Waals surface area contributed by atoms with Crippen LogP contribution in [0.15, 0.2) is 22.4 Å².